The number of piperazine rings is 1. The van der Waals surface area contributed by atoms with Gasteiger partial charge in [-0.25, -0.2) is 0 Å². The largest absolute Gasteiger partial charge is 0.308 e. The lowest BCUT2D eigenvalue weighted by molar-refractivity contribution is 0.0628. The third-order valence-electron chi connectivity index (χ3n) is 5.35. The molecule has 1 atom stereocenters. The van der Waals surface area contributed by atoms with E-state index in [0.29, 0.717) is 5.54 Å². The summed E-state index contributed by atoms with van der Waals surface area (Å²) in [5.74, 6) is 0.977. The zero-order valence-corrected chi connectivity index (χ0v) is 12.4. The first-order chi connectivity index (χ1) is 9.35. The van der Waals surface area contributed by atoms with Crippen molar-refractivity contribution in [3.63, 3.8) is 0 Å². The van der Waals surface area contributed by atoms with E-state index < -0.39 is 0 Å². The summed E-state index contributed by atoms with van der Waals surface area (Å²) in [5, 5.41) is 8.48. The third-order valence-corrected chi connectivity index (χ3v) is 6.09. The number of nitrogens with one attached hydrogen (secondary N) is 1. The highest BCUT2D eigenvalue weighted by atomic mass is 32.1. The van der Waals surface area contributed by atoms with Crippen molar-refractivity contribution in [2.24, 2.45) is 5.92 Å². The summed E-state index contributed by atoms with van der Waals surface area (Å²) in [6, 6.07) is 3.10. The Balaban J connectivity index is 1.51. The lowest BCUT2D eigenvalue weighted by Crippen LogP contribution is -2.63. The van der Waals surface area contributed by atoms with Crippen LogP contribution in [0.2, 0.25) is 0 Å². The van der Waals surface area contributed by atoms with Gasteiger partial charge in [0.05, 0.1) is 0 Å². The fraction of sp³-hybridized carbons (Fsp3) is 0.750. The van der Waals surface area contributed by atoms with Crippen LogP contribution in [-0.2, 0) is 6.54 Å². The second-order valence-electron chi connectivity index (χ2n) is 6.81. The highest BCUT2D eigenvalue weighted by Crippen LogP contribution is 2.41. The number of nitrogens with zero attached hydrogens (tertiary/aromatic N) is 1. The number of hydrogen-bond acceptors (Lipinski definition) is 3. The summed E-state index contributed by atoms with van der Waals surface area (Å²) in [6.07, 6.45) is 8.55. The Morgan fingerprint density at radius 1 is 1.32 bits per heavy atom. The fourth-order valence-electron chi connectivity index (χ4n) is 4.13. The lowest BCUT2D eigenvalue weighted by Gasteiger charge is -2.46. The minimum atomic E-state index is 0.460. The van der Waals surface area contributed by atoms with Gasteiger partial charge in [-0.05, 0) is 54.0 Å². The van der Waals surface area contributed by atoms with Gasteiger partial charge in [0.1, 0.15) is 0 Å². The second kappa shape index (κ2) is 4.87. The first kappa shape index (κ1) is 12.4. The predicted octanol–water partition coefficient (Wildman–Crippen LogP) is 3.24. The fourth-order valence-corrected chi connectivity index (χ4v) is 4.79. The molecule has 2 nitrogen and oxygen atoms in total. The van der Waals surface area contributed by atoms with Crippen LogP contribution in [0.4, 0.5) is 0 Å². The van der Waals surface area contributed by atoms with Crippen LogP contribution in [0, 0.1) is 5.92 Å². The van der Waals surface area contributed by atoms with Crippen molar-refractivity contribution in [3.8, 4) is 0 Å². The minimum Gasteiger partial charge on any atom is -0.308 e. The molecule has 0 aromatic carbocycles. The van der Waals surface area contributed by atoms with Gasteiger partial charge in [-0.15, -0.1) is 0 Å². The molecule has 2 aliphatic carbocycles. The zero-order chi connectivity index (χ0) is 12.7. The van der Waals surface area contributed by atoms with Crippen molar-refractivity contribution in [1.29, 1.82) is 0 Å². The molecule has 1 spiro atoms. The molecule has 3 aliphatic rings. The first-order valence-electron chi connectivity index (χ1n) is 7.85. The maximum atomic E-state index is 3.94. The Hall–Kier alpha value is -0.380. The summed E-state index contributed by atoms with van der Waals surface area (Å²) < 4.78 is 0. The molecule has 2 saturated carbocycles. The summed E-state index contributed by atoms with van der Waals surface area (Å²) in [5.41, 5.74) is 1.98. The highest BCUT2D eigenvalue weighted by Gasteiger charge is 2.45. The molecule has 1 N–H and O–H groups in total. The van der Waals surface area contributed by atoms with Gasteiger partial charge in [-0.3, -0.25) is 4.90 Å². The van der Waals surface area contributed by atoms with Crippen molar-refractivity contribution >= 4 is 11.3 Å². The van der Waals surface area contributed by atoms with E-state index in [1.807, 2.05) is 11.3 Å². The van der Waals surface area contributed by atoms with Crippen LogP contribution in [0.3, 0.4) is 0 Å². The van der Waals surface area contributed by atoms with Crippen molar-refractivity contribution < 1.29 is 0 Å². The van der Waals surface area contributed by atoms with Crippen molar-refractivity contribution in [2.45, 2.75) is 56.7 Å². The summed E-state index contributed by atoms with van der Waals surface area (Å²) in [4.78, 5) is 2.81. The summed E-state index contributed by atoms with van der Waals surface area (Å²) in [6.45, 7) is 3.69. The van der Waals surface area contributed by atoms with Gasteiger partial charge in [0.2, 0.25) is 0 Å². The van der Waals surface area contributed by atoms with Gasteiger partial charge >= 0.3 is 0 Å². The molecule has 0 amide bonds. The average molecular weight is 276 g/mol. The monoisotopic (exact) mass is 276 g/mol. The zero-order valence-electron chi connectivity index (χ0n) is 11.6. The van der Waals surface area contributed by atoms with E-state index in [2.05, 4.69) is 27.0 Å². The van der Waals surface area contributed by atoms with E-state index in [1.54, 1.807) is 0 Å². The van der Waals surface area contributed by atoms with Gasteiger partial charge in [-0.1, -0.05) is 12.8 Å². The van der Waals surface area contributed by atoms with Gasteiger partial charge in [-0.2, -0.15) is 11.3 Å². The molecule has 104 valence electrons. The Morgan fingerprint density at radius 2 is 2.16 bits per heavy atom. The molecular formula is C16H24N2S. The highest BCUT2D eigenvalue weighted by molar-refractivity contribution is 7.07. The number of thiophene rings is 1. The van der Waals surface area contributed by atoms with Crippen LogP contribution in [0.5, 0.6) is 0 Å². The minimum absolute atomic E-state index is 0.460. The standard InChI is InChI=1S/C16H24N2S/c1-2-7-16(6-1)12-18(10-13-5-8-19-11-13)15(9-17-16)14-3-4-14/h5,8,11,14-15,17H,1-4,6-7,9-10,12H2. The molecule has 2 heterocycles. The topological polar surface area (TPSA) is 15.3 Å². The quantitative estimate of drug-likeness (QED) is 0.911. The lowest BCUT2D eigenvalue weighted by atomic mass is 9.91. The normalized spacial score (nSPS) is 31.1. The summed E-state index contributed by atoms with van der Waals surface area (Å²) in [7, 11) is 0. The van der Waals surface area contributed by atoms with Crippen LogP contribution < -0.4 is 5.32 Å². The molecular weight excluding hydrogens is 252 g/mol. The molecule has 1 saturated heterocycles. The van der Waals surface area contributed by atoms with Crippen LogP contribution in [-0.4, -0.2) is 29.6 Å². The number of hydrogen-bond donors (Lipinski definition) is 1. The molecule has 1 aromatic rings. The molecule has 1 unspecified atom stereocenters. The maximum Gasteiger partial charge on any atom is 0.0309 e. The SMILES string of the molecule is c1cc(CN2CC3(CCCC3)NCC2C2CC2)cs1. The van der Waals surface area contributed by atoms with E-state index in [0.717, 1.165) is 12.0 Å². The smallest absolute Gasteiger partial charge is 0.0309 e. The van der Waals surface area contributed by atoms with Gasteiger partial charge < -0.3 is 5.32 Å². The van der Waals surface area contributed by atoms with E-state index in [1.165, 1.54) is 63.7 Å². The van der Waals surface area contributed by atoms with Gasteiger partial charge in [0, 0.05) is 31.2 Å². The molecule has 4 rings (SSSR count). The Labute approximate surface area is 120 Å². The second-order valence-corrected chi connectivity index (χ2v) is 7.59. The Bertz CT molecular complexity index is 418. The van der Waals surface area contributed by atoms with E-state index in [9.17, 15) is 0 Å². The van der Waals surface area contributed by atoms with E-state index >= 15 is 0 Å². The van der Waals surface area contributed by atoms with Crippen LogP contribution in [0.25, 0.3) is 0 Å². The predicted molar refractivity (Wildman–Crippen MR) is 80.4 cm³/mol. The molecule has 0 bridgehead atoms. The van der Waals surface area contributed by atoms with Crippen LogP contribution in [0.15, 0.2) is 16.8 Å². The Kier molecular flexibility index (Phi) is 3.17. The molecule has 3 fully saturated rings. The van der Waals surface area contributed by atoms with Gasteiger partial charge in [0.25, 0.3) is 0 Å². The van der Waals surface area contributed by atoms with Crippen LogP contribution >= 0.6 is 11.3 Å². The number of rotatable bonds is 3. The maximum absolute atomic E-state index is 3.94. The molecule has 1 aliphatic heterocycles. The van der Waals surface area contributed by atoms with Crippen molar-refractivity contribution in [2.75, 3.05) is 13.1 Å². The van der Waals surface area contributed by atoms with Crippen molar-refractivity contribution in [1.82, 2.24) is 10.2 Å². The van der Waals surface area contributed by atoms with E-state index in [4.69, 9.17) is 0 Å². The molecule has 3 heteroatoms. The molecule has 0 radical (unpaired) electrons. The third kappa shape index (κ3) is 2.48. The molecule has 19 heavy (non-hydrogen) atoms. The van der Waals surface area contributed by atoms with Crippen LogP contribution in [0.1, 0.15) is 44.1 Å². The molecule has 1 aromatic heterocycles. The first-order valence-corrected chi connectivity index (χ1v) is 8.79. The average Bonchev–Trinajstić information content (AvgIpc) is 2.94. The van der Waals surface area contributed by atoms with E-state index in [-0.39, 0.29) is 0 Å². The Morgan fingerprint density at radius 3 is 2.84 bits per heavy atom. The van der Waals surface area contributed by atoms with Crippen molar-refractivity contribution in [3.05, 3.63) is 22.4 Å². The van der Waals surface area contributed by atoms with Gasteiger partial charge in [0.15, 0.2) is 0 Å². The summed E-state index contributed by atoms with van der Waals surface area (Å²) >= 11 is 1.83.